The highest BCUT2D eigenvalue weighted by Gasteiger charge is 2.42. The fraction of sp³-hybridized carbons (Fsp3) is 0.0714. The van der Waals surface area contributed by atoms with Crippen molar-refractivity contribution < 1.29 is 4.42 Å². The molecule has 0 unspecified atom stereocenters. The van der Waals surface area contributed by atoms with Gasteiger partial charge in [-0.1, -0.05) is 109 Å². The van der Waals surface area contributed by atoms with E-state index in [1.165, 1.54) is 16.7 Å². The lowest BCUT2D eigenvalue weighted by atomic mass is 9.86. The summed E-state index contributed by atoms with van der Waals surface area (Å²) in [6.45, 7) is 4.54. The quantitative estimate of drug-likeness (QED) is 0.208. The predicted molar refractivity (Wildman–Crippen MR) is 185 cm³/mol. The van der Waals surface area contributed by atoms with Crippen LogP contribution in [0.25, 0.3) is 72.5 Å². The molecule has 0 aliphatic heterocycles. The second-order valence-electron chi connectivity index (χ2n) is 12.4. The van der Waals surface area contributed by atoms with Crippen molar-refractivity contribution >= 4 is 22.0 Å². The summed E-state index contributed by atoms with van der Waals surface area (Å²) in [4.78, 5) is 5.10. The van der Waals surface area contributed by atoms with E-state index in [1.807, 2.05) is 12.1 Å². The van der Waals surface area contributed by atoms with Gasteiger partial charge in [0.05, 0.1) is 16.9 Å². The molecule has 45 heavy (non-hydrogen) atoms. The molecule has 0 spiro atoms. The first-order valence-corrected chi connectivity index (χ1v) is 15.5. The molecule has 1 aliphatic rings. The number of benzene rings is 5. The molecule has 8 aromatic rings. The van der Waals surface area contributed by atoms with Gasteiger partial charge in [0.15, 0.2) is 5.58 Å². The largest absolute Gasteiger partial charge is 0.457 e. The van der Waals surface area contributed by atoms with Crippen molar-refractivity contribution in [1.29, 1.82) is 0 Å². The van der Waals surface area contributed by atoms with Crippen LogP contribution in [0.3, 0.4) is 0 Å². The van der Waals surface area contributed by atoms with Gasteiger partial charge in [-0.3, -0.25) is 0 Å². The van der Waals surface area contributed by atoms with E-state index >= 15 is 0 Å². The molecule has 0 radical (unpaired) electrons. The van der Waals surface area contributed by atoms with E-state index in [0.717, 1.165) is 67.1 Å². The minimum atomic E-state index is -0.226. The molecule has 9 rings (SSSR count). The van der Waals surface area contributed by atoms with Crippen molar-refractivity contribution in [2.24, 2.45) is 0 Å². The van der Waals surface area contributed by atoms with Crippen LogP contribution in [0.2, 0.25) is 0 Å². The van der Waals surface area contributed by atoms with E-state index in [9.17, 15) is 0 Å². The van der Waals surface area contributed by atoms with Gasteiger partial charge in [-0.2, -0.15) is 0 Å². The van der Waals surface area contributed by atoms with E-state index in [1.54, 1.807) is 0 Å². The Bertz CT molecular complexity index is 2320. The van der Waals surface area contributed by atoms with Crippen LogP contribution in [0.5, 0.6) is 0 Å². The number of pyridine rings is 1. The van der Waals surface area contributed by atoms with Gasteiger partial charge >= 0.3 is 0 Å². The number of aromatic nitrogens is 2. The minimum Gasteiger partial charge on any atom is -0.457 e. The number of hydrogen-bond acceptors (Lipinski definition) is 2. The molecule has 5 aromatic carbocycles. The highest BCUT2D eigenvalue weighted by molar-refractivity contribution is 6.14. The molecule has 0 atom stereocenters. The first kappa shape index (κ1) is 25.8. The van der Waals surface area contributed by atoms with Crippen LogP contribution < -0.4 is 0 Å². The zero-order valence-corrected chi connectivity index (χ0v) is 25.2. The summed E-state index contributed by atoms with van der Waals surface area (Å²) in [7, 11) is 0. The lowest BCUT2D eigenvalue weighted by molar-refractivity contribution is 0.466. The molecule has 3 nitrogen and oxygen atoms in total. The monoisotopic (exact) mass is 578 g/mol. The Kier molecular flexibility index (Phi) is 5.54. The Morgan fingerprint density at radius 2 is 1.18 bits per heavy atom. The first-order valence-electron chi connectivity index (χ1n) is 15.5. The fourth-order valence-electron chi connectivity index (χ4n) is 7.15. The highest BCUT2D eigenvalue weighted by atomic mass is 16.3. The molecule has 1 aliphatic carbocycles. The second kappa shape index (κ2) is 9.67. The molecular weight excluding hydrogens is 548 g/mol. The minimum absolute atomic E-state index is 0.226. The van der Waals surface area contributed by atoms with Gasteiger partial charge < -0.3 is 8.98 Å². The third-order valence-corrected chi connectivity index (χ3v) is 9.34. The summed E-state index contributed by atoms with van der Waals surface area (Å²) in [5, 5.41) is 1.10. The third-order valence-electron chi connectivity index (χ3n) is 9.34. The summed E-state index contributed by atoms with van der Waals surface area (Å²) in [6, 6.07) is 51.4. The first-order chi connectivity index (χ1) is 22.1. The van der Waals surface area contributed by atoms with E-state index in [0.29, 0.717) is 0 Å². The summed E-state index contributed by atoms with van der Waals surface area (Å²) >= 11 is 0. The maximum absolute atomic E-state index is 6.97. The van der Waals surface area contributed by atoms with E-state index in [2.05, 4.69) is 152 Å². The van der Waals surface area contributed by atoms with Crippen LogP contribution in [0, 0.1) is 0 Å². The van der Waals surface area contributed by atoms with E-state index in [-0.39, 0.29) is 5.41 Å². The number of fused-ring (bicyclic) bond motifs is 7. The summed E-state index contributed by atoms with van der Waals surface area (Å²) in [6.07, 6.45) is 0. The topological polar surface area (TPSA) is 31.0 Å². The Labute approximate surface area is 262 Å². The molecule has 0 saturated carbocycles. The van der Waals surface area contributed by atoms with Crippen LogP contribution in [0.4, 0.5) is 0 Å². The van der Waals surface area contributed by atoms with Gasteiger partial charge in [0, 0.05) is 33.2 Å². The molecule has 3 heteroatoms. The number of nitrogens with zero attached hydrogens (tertiary/aromatic N) is 2. The van der Waals surface area contributed by atoms with Crippen LogP contribution in [0.15, 0.2) is 150 Å². The zero-order chi connectivity index (χ0) is 30.1. The summed E-state index contributed by atoms with van der Waals surface area (Å²) < 4.78 is 9.35. The van der Waals surface area contributed by atoms with Gasteiger partial charge in [0.25, 0.3) is 0 Å². The Balaban J connectivity index is 1.33. The number of hydrogen-bond donors (Lipinski definition) is 0. The Hall–Kier alpha value is -5.67. The van der Waals surface area contributed by atoms with Crippen molar-refractivity contribution in [3.05, 3.63) is 157 Å². The molecule has 3 aromatic heterocycles. The summed E-state index contributed by atoms with van der Waals surface area (Å²) in [5.41, 5.74) is 14.2. The average Bonchev–Trinajstić information content (AvgIpc) is 3.71. The number of para-hydroxylation sites is 1. The van der Waals surface area contributed by atoms with Gasteiger partial charge in [0.1, 0.15) is 11.3 Å². The summed E-state index contributed by atoms with van der Waals surface area (Å²) in [5.74, 6) is 1.03. The highest BCUT2D eigenvalue weighted by Crippen LogP contribution is 2.55. The van der Waals surface area contributed by atoms with E-state index in [4.69, 9.17) is 9.40 Å². The van der Waals surface area contributed by atoms with Gasteiger partial charge in [-0.15, -0.1) is 0 Å². The lowest BCUT2D eigenvalue weighted by Crippen LogP contribution is -2.14. The molecular formula is C42H30N2O. The van der Waals surface area contributed by atoms with Gasteiger partial charge in [-0.05, 0) is 72.5 Å². The third kappa shape index (κ3) is 3.87. The van der Waals surface area contributed by atoms with Gasteiger partial charge in [-0.25, -0.2) is 4.98 Å². The van der Waals surface area contributed by atoms with Crippen molar-refractivity contribution in [3.63, 3.8) is 0 Å². The van der Waals surface area contributed by atoms with Crippen molar-refractivity contribution in [2.45, 2.75) is 19.3 Å². The Morgan fingerprint density at radius 1 is 0.578 bits per heavy atom. The zero-order valence-electron chi connectivity index (χ0n) is 25.2. The van der Waals surface area contributed by atoms with Crippen molar-refractivity contribution in [1.82, 2.24) is 9.55 Å². The second-order valence-corrected chi connectivity index (χ2v) is 12.4. The SMILES string of the molecule is CC1(C)c2ccccc2-c2c1oc1c3cc(-c4cc(-c5ccccc5)nc(-c5ccccc5)c4)ccc3n(-c3ccccc3)c21. The van der Waals surface area contributed by atoms with Crippen LogP contribution in [0.1, 0.15) is 25.2 Å². The maximum atomic E-state index is 6.97. The number of furan rings is 1. The van der Waals surface area contributed by atoms with Crippen molar-refractivity contribution in [2.75, 3.05) is 0 Å². The molecule has 3 heterocycles. The lowest BCUT2D eigenvalue weighted by Gasteiger charge is -2.18. The molecule has 0 fully saturated rings. The predicted octanol–water partition coefficient (Wildman–Crippen LogP) is 11.1. The fourth-order valence-corrected chi connectivity index (χ4v) is 7.15. The maximum Gasteiger partial charge on any atom is 0.161 e. The molecule has 0 amide bonds. The smallest absolute Gasteiger partial charge is 0.161 e. The van der Waals surface area contributed by atoms with Crippen molar-refractivity contribution in [3.8, 4) is 50.5 Å². The molecule has 214 valence electrons. The molecule has 0 N–H and O–H groups in total. The average molecular weight is 579 g/mol. The standard InChI is InChI=1S/C42H30N2O/c1-42(2)34-21-13-12-20-32(34)38-39-40(45-41(38)42)33-24-29(22-23-37(33)44(39)31-18-10-5-11-19-31)30-25-35(27-14-6-3-7-15-27)43-36(26-30)28-16-8-4-9-17-28/h3-26H,1-2H3. The Morgan fingerprint density at radius 3 is 1.84 bits per heavy atom. The van der Waals surface area contributed by atoms with Gasteiger partial charge in [0.2, 0.25) is 0 Å². The molecule has 0 bridgehead atoms. The van der Waals surface area contributed by atoms with Crippen LogP contribution in [-0.4, -0.2) is 9.55 Å². The number of rotatable bonds is 4. The van der Waals surface area contributed by atoms with Crippen LogP contribution >= 0.6 is 0 Å². The van der Waals surface area contributed by atoms with Crippen LogP contribution in [-0.2, 0) is 5.41 Å². The van der Waals surface area contributed by atoms with E-state index < -0.39 is 0 Å². The molecule has 0 saturated heterocycles. The normalized spacial score (nSPS) is 13.3.